The van der Waals surface area contributed by atoms with Crippen molar-refractivity contribution in [1.29, 1.82) is 0 Å². The van der Waals surface area contributed by atoms with E-state index in [9.17, 15) is 4.79 Å². The largest absolute Gasteiger partial charge is 0.396 e. The first-order valence-electron chi connectivity index (χ1n) is 6.14. The highest BCUT2D eigenvalue weighted by molar-refractivity contribution is 5.76. The number of hydrogen-bond acceptors (Lipinski definition) is 2. The molecule has 0 aromatic carbocycles. The molecule has 0 aromatic rings. The van der Waals surface area contributed by atoms with Crippen LogP contribution in [0.1, 0.15) is 45.4 Å². The van der Waals surface area contributed by atoms with E-state index in [0.29, 0.717) is 0 Å². The van der Waals surface area contributed by atoms with Crippen molar-refractivity contribution in [2.45, 2.75) is 45.4 Å². The van der Waals surface area contributed by atoms with Gasteiger partial charge in [-0.1, -0.05) is 32.3 Å². The lowest BCUT2D eigenvalue weighted by Gasteiger charge is -2.18. The highest BCUT2D eigenvalue weighted by Gasteiger charge is 2.21. The molecule has 94 valence electrons. The summed E-state index contributed by atoms with van der Waals surface area (Å²) < 4.78 is 0. The average Bonchev–Trinajstić information content (AvgIpc) is 2.26. The maximum absolute atomic E-state index is 11.2. The number of amides is 1. The fraction of sp³-hybridized carbons (Fsp3) is 0.769. The molecule has 0 aliphatic carbocycles. The Hall–Kier alpha value is -0.830. The molecule has 3 nitrogen and oxygen atoms in total. The molecule has 3 N–H and O–H groups in total. The van der Waals surface area contributed by atoms with Crippen LogP contribution in [0.2, 0.25) is 0 Å². The minimum absolute atomic E-state index is 0.0225. The molecule has 0 saturated heterocycles. The SMILES string of the molecule is C=CCCCCCCC(C(N)=O)C(C)CO. The molecular formula is C13H25NO2. The van der Waals surface area contributed by atoms with Crippen LogP contribution < -0.4 is 5.73 Å². The van der Waals surface area contributed by atoms with Gasteiger partial charge in [0.2, 0.25) is 5.91 Å². The van der Waals surface area contributed by atoms with Crippen LogP contribution in [-0.2, 0) is 4.79 Å². The number of primary amides is 1. The molecule has 0 rings (SSSR count). The lowest BCUT2D eigenvalue weighted by Crippen LogP contribution is -2.30. The van der Waals surface area contributed by atoms with Crippen LogP contribution in [0.3, 0.4) is 0 Å². The number of aliphatic hydroxyl groups is 1. The second-order valence-electron chi connectivity index (χ2n) is 4.45. The maximum atomic E-state index is 11.2. The Morgan fingerprint density at radius 1 is 1.38 bits per heavy atom. The smallest absolute Gasteiger partial charge is 0.220 e. The fourth-order valence-corrected chi connectivity index (χ4v) is 1.84. The van der Waals surface area contributed by atoms with E-state index < -0.39 is 0 Å². The lowest BCUT2D eigenvalue weighted by molar-refractivity contribution is -0.124. The van der Waals surface area contributed by atoms with Gasteiger partial charge in [0.15, 0.2) is 0 Å². The minimum Gasteiger partial charge on any atom is -0.396 e. The number of rotatable bonds is 10. The summed E-state index contributed by atoms with van der Waals surface area (Å²) in [5, 5.41) is 9.01. The van der Waals surface area contributed by atoms with Gasteiger partial charge in [-0.15, -0.1) is 6.58 Å². The molecule has 2 atom stereocenters. The zero-order valence-corrected chi connectivity index (χ0v) is 10.3. The molecule has 2 unspecified atom stereocenters. The number of hydrogen-bond donors (Lipinski definition) is 2. The van der Waals surface area contributed by atoms with Crippen molar-refractivity contribution in [3.05, 3.63) is 12.7 Å². The molecule has 0 heterocycles. The average molecular weight is 227 g/mol. The van der Waals surface area contributed by atoms with Crippen molar-refractivity contribution in [3.8, 4) is 0 Å². The Bertz CT molecular complexity index is 204. The number of allylic oxidation sites excluding steroid dienone is 1. The second-order valence-corrected chi connectivity index (χ2v) is 4.45. The molecule has 1 amide bonds. The van der Waals surface area contributed by atoms with E-state index >= 15 is 0 Å². The number of aliphatic hydroxyl groups excluding tert-OH is 1. The molecule has 3 heteroatoms. The third-order valence-corrected chi connectivity index (χ3v) is 3.01. The number of carbonyl (C=O) groups excluding carboxylic acids is 1. The zero-order valence-electron chi connectivity index (χ0n) is 10.3. The first kappa shape index (κ1) is 15.2. The topological polar surface area (TPSA) is 63.3 Å². The van der Waals surface area contributed by atoms with Crippen LogP contribution in [0.25, 0.3) is 0 Å². The predicted octanol–water partition coefficient (Wildman–Crippen LogP) is 2.24. The van der Waals surface area contributed by atoms with E-state index in [-0.39, 0.29) is 24.3 Å². The Labute approximate surface area is 98.7 Å². The van der Waals surface area contributed by atoms with Crippen LogP contribution in [0.4, 0.5) is 0 Å². The monoisotopic (exact) mass is 227 g/mol. The summed E-state index contributed by atoms with van der Waals surface area (Å²) in [7, 11) is 0. The molecule has 0 aromatic heterocycles. The van der Waals surface area contributed by atoms with Gasteiger partial charge in [-0.25, -0.2) is 0 Å². The zero-order chi connectivity index (χ0) is 12.4. The van der Waals surface area contributed by atoms with Gasteiger partial charge in [0.25, 0.3) is 0 Å². The van der Waals surface area contributed by atoms with E-state index in [1.165, 1.54) is 12.8 Å². The first-order valence-corrected chi connectivity index (χ1v) is 6.14. The van der Waals surface area contributed by atoms with Crippen molar-refractivity contribution in [2.24, 2.45) is 17.6 Å². The molecular weight excluding hydrogens is 202 g/mol. The van der Waals surface area contributed by atoms with Crippen LogP contribution in [0, 0.1) is 11.8 Å². The highest BCUT2D eigenvalue weighted by Crippen LogP contribution is 2.19. The van der Waals surface area contributed by atoms with Gasteiger partial charge in [0.1, 0.15) is 0 Å². The predicted molar refractivity (Wildman–Crippen MR) is 66.8 cm³/mol. The fourth-order valence-electron chi connectivity index (χ4n) is 1.84. The molecule has 0 saturated carbocycles. The summed E-state index contributed by atoms with van der Waals surface area (Å²) in [6, 6.07) is 0. The van der Waals surface area contributed by atoms with E-state index in [1.807, 2.05) is 13.0 Å². The minimum atomic E-state index is -0.285. The first-order chi connectivity index (χ1) is 7.63. The van der Waals surface area contributed by atoms with Gasteiger partial charge < -0.3 is 10.8 Å². The van der Waals surface area contributed by atoms with Crippen LogP contribution in [-0.4, -0.2) is 17.6 Å². The summed E-state index contributed by atoms with van der Waals surface area (Å²) in [6.45, 7) is 5.58. The number of unbranched alkanes of at least 4 members (excludes halogenated alkanes) is 4. The summed E-state index contributed by atoms with van der Waals surface area (Å²) in [4.78, 5) is 11.2. The van der Waals surface area contributed by atoms with Gasteiger partial charge in [-0.05, 0) is 25.2 Å². The van der Waals surface area contributed by atoms with Gasteiger partial charge in [-0.3, -0.25) is 4.79 Å². The highest BCUT2D eigenvalue weighted by atomic mass is 16.3. The number of carbonyl (C=O) groups is 1. The maximum Gasteiger partial charge on any atom is 0.220 e. The van der Waals surface area contributed by atoms with Gasteiger partial charge in [-0.2, -0.15) is 0 Å². The van der Waals surface area contributed by atoms with Crippen LogP contribution in [0.5, 0.6) is 0 Å². The Kier molecular flexibility index (Phi) is 8.91. The summed E-state index contributed by atoms with van der Waals surface area (Å²) >= 11 is 0. The van der Waals surface area contributed by atoms with Crippen molar-refractivity contribution in [3.63, 3.8) is 0 Å². The standard InChI is InChI=1S/C13H25NO2/c1-3-4-5-6-7-8-9-12(13(14)16)11(2)10-15/h3,11-12,15H,1,4-10H2,2H3,(H2,14,16). The van der Waals surface area contributed by atoms with Crippen LogP contribution >= 0.6 is 0 Å². The normalized spacial score (nSPS) is 14.4. The van der Waals surface area contributed by atoms with Gasteiger partial charge in [0.05, 0.1) is 0 Å². The summed E-state index contributed by atoms with van der Waals surface area (Å²) in [5.74, 6) is -0.484. The third-order valence-electron chi connectivity index (χ3n) is 3.01. The van der Waals surface area contributed by atoms with Crippen molar-refractivity contribution < 1.29 is 9.90 Å². The van der Waals surface area contributed by atoms with Crippen molar-refractivity contribution in [2.75, 3.05) is 6.61 Å². The number of nitrogens with two attached hydrogens (primary N) is 1. The summed E-state index contributed by atoms with van der Waals surface area (Å²) in [6.07, 6.45) is 8.26. The van der Waals surface area contributed by atoms with E-state index in [1.54, 1.807) is 0 Å². The molecule has 0 fully saturated rings. The molecule has 0 spiro atoms. The molecule has 16 heavy (non-hydrogen) atoms. The van der Waals surface area contributed by atoms with Crippen molar-refractivity contribution in [1.82, 2.24) is 0 Å². The quantitative estimate of drug-likeness (QED) is 0.444. The van der Waals surface area contributed by atoms with E-state index in [4.69, 9.17) is 10.8 Å². The Morgan fingerprint density at radius 3 is 2.50 bits per heavy atom. The molecule has 0 bridgehead atoms. The third kappa shape index (κ3) is 6.62. The Balaban J connectivity index is 3.68. The van der Waals surface area contributed by atoms with Gasteiger partial charge >= 0.3 is 0 Å². The second kappa shape index (κ2) is 9.40. The summed E-state index contributed by atoms with van der Waals surface area (Å²) in [5.41, 5.74) is 5.31. The lowest BCUT2D eigenvalue weighted by atomic mass is 9.89. The molecule has 0 aliphatic rings. The van der Waals surface area contributed by atoms with E-state index in [2.05, 4.69) is 6.58 Å². The Morgan fingerprint density at radius 2 is 2.00 bits per heavy atom. The van der Waals surface area contributed by atoms with E-state index in [0.717, 1.165) is 25.7 Å². The molecule has 0 radical (unpaired) electrons. The van der Waals surface area contributed by atoms with Gasteiger partial charge in [0, 0.05) is 12.5 Å². The molecule has 0 aliphatic heterocycles. The van der Waals surface area contributed by atoms with Crippen molar-refractivity contribution >= 4 is 5.91 Å². The van der Waals surface area contributed by atoms with Crippen LogP contribution in [0.15, 0.2) is 12.7 Å².